The summed E-state index contributed by atoms with van der Waals surface area (Å²) in [7, 11) is 0. The number of carboxylic acids is 2. The molecule has 7 heteroatoms. The Morgan fingerprint density at radius 1 is 1.19 bits per heavy atom. The van der Waals surface area contributed by atoms with Crippen LogP contribution < -0.4 is 113 Å². The summed E-state index contributed by atoms with van der Waals surface area (Å²) >= 11 is 2.27. The van der Waals surface area contributed by atoms with Crippen LogP contribution in [-0.4, -0.2) is 29.7 Å². The van der Waals surface area contributed by atoms with Crippen LogP contribution in [0.25, 0.3) is 0 Å². The van der Waals surface area contributed by atoms with Gasteiger partial charge in [0.1, 0.15) is 0 Å². The maximum atomic E-state index is 9.28. The molecule has 0 radical (unpaired) electrons. The Balaban J connectivity index is -0.0000000800. The summed E-state index contributed by atoms with van der Waals surface area (Å²) in [4.78, 5) is 18.6. The molecule has 0 aliphatic rings. The molecule has 0 rings (SSSR count). The fourth-order valence-corrected chi connectivity index (χ4v) is 0.730. The molecule has 0 fully saturated rings. The third-order valence-corrected chi connectivity index (χ3v) is 1.42. The minimum absolute atomic E-state index is 0. The van der Waals surface area contributed by atoms with E-state index in [1.807, 2.05) is 0 Å². The molecule has 0 amide bonds. The van der Waals surface area contributed by atoms with Gasteiger partial charge in [0.15, 0.2) is 0 Å². The first-order chi connectivity index (χ1) is 6.40. The predicted octanol–water partition coefficient (Wildman–Crippen LogP) is -6.96. The molecule has 0 aliphatic heterocycles. The van der Waals surface area contributed by atoms with E-state index >= 15 is 0 Å². The Kier molecular flexibility index (Phi) is 34.2. The Bertz CT molecular complexity index is 165. The van der Waals surface area contributed by atoms with Crippen molar-refractivity contribution in [3.63, 3.8) is 0 Å². The van der Waals surface area contributed by atoms with Crippen LogP contribution in [-0.2, 0) is 9.59 Å². The Morgan fingerprint density at radius 3 is 1.62 bits per heavy atom. The number of carbonyl (C=O) groups is 2. The van der Waals surface area contributed by atoms with Crippen molar-refractivity contribution in [3.8, 4) is 0 Å². The summed E-state index contributed by atoms with van der Waals surface area (Å²) < 4.78 is 0.903. The molecular weight excluding hydrogens is 257 g/mol. The second-order valence-corrected chi connectivity index (χ2v) is 3.46. The van der Waals surface area contributed by atoms with Crippen LogP contribution in [0.4, 0.5) is 0 Å². The first kappa shape index (κ1) is 27.2. The molecule has 0 aromatic carbocycles. The van der Waals surface area contributed by atoms with Crippen LogP contribution in [0.3, 0.4) is 0 Å². The van der Waals surface area contributed by atoms with Crippen molar-refractivity contribution in [2.75, 3.05) is 0 Å². The maximum absolute atomic E-state index is 9.28. The van der Waals surface area contributed by atoms with Crippen molar-refractivity contribution in [2.24, 2.45) is 0 Å². The Hall–Kier alpha value is 2.81. The molecule has 0 saturated carbocycles. The number of rotatable bonds is 5. The number of aliphatic carboxylic acids is 2. The van der Waals surface area contributed by atoms with Crippen molar-refractivity contribution in [1.29, 1.82) is 0 Å². The quantitative estimate of drug-likeness (QED) is 0.368. The molecule has 0 heterocycles. The molecule has 1 unspecified atom stereocenters. The summed E-state index contributed by atoms with van der Waals surface area (Å²) in [5.74, 6) is -3.25. The standard InChI is InChI=1S/C6H13.C3H4O4.2K.Li/c1-3-5-6-4-2;4-2(5)1-3(6)7;;;/h3H,4-6H2,1-2H3;1H2,(H,4,5)(H,6,7);;;/q;;2*+1;/p-2. The average molecular weight is 272 g/mol. The van der Waals surface area contributed by atoms with Gasteiger partial charge >= 0.3 is 158 Å². The summed E-state index contributed by atoms with van der Waals surface area (Å²) in [5, 5.41) is 18.6. The van der Waals surface area contributed by atoms with Crippen LogP contribution in [0.5, 0.6) is 0 Å². The molecule has 0 spiro atoms. The number of hydrogen-bond donors (Lipinski definition) is 0. The zero-order valence-electron chi connectivity index (χ0n) is 11.0. The molecule has 0 bridgehead atoms. The molecular formula is C9H15K2LiO4. The Labute approximate surface area is 192 Å². The third-order valence-electron chi connectivity index (χ3n) is 1.42. The Morgan fingerprint density at radius 2 is 1.56 bits per heavy atom. The zero-order valence-corrected chi connectivity index (χ0v) is 17.3. The number of carbonyl (C=O) groups excluding carboxylic acids is 2. The topological polar surface area (TPSA) is 80.3 Å². The first-order valence-electron chi connectivity index (χ1n) is 4.79. The van der Waals surface area contributed by atoms with Crippen molar-refractivity contribution in [2.45, 2.75) is 44.1 Å². The summed E-state index contributed by atoms with van der Waals surface area (Å²) in [6.45, 7) is 4.51. The molecule has 78 valence electrons. The van der Waals surface area contributed by atoms with Crippen molar-refractivity contribution < 1.29 is 123 Å². The van der Waals surface area contributed by atoms with Crippen molar-refractivity contribution in [1.82, 2.24) is 0 Å². The minimum atomic E-state index is -1.63. The summed E-state index contributed by atoms with van der Waals surface area (Å²) in [5.41, 5.74) is 0. The van der Waals surface area contributed by atoms with E-state index < -0.39 is 18.4 Å². The van der Waals surface area contributed by atoms with Crippen LogP contribution in [0, 0.1) is 0 Å². The number of hydrogen-bond acceptors (Lipinski definition) is 4. The van der Waals surface area contributed by atoms with Gasteiger partial charge in [0.25, 0.3) is 0 Å². The molecule has 0 aromatic rings. The van der Waals surface area contributed by atoms with Gasteiger partial charge in [0.05, 0.1) is 0 Å². The third kappa shape index (κ3) is 36.0. The van der Waals surface area contributed by atoms with E-state index in [9.17, 15) is 19.8 Å². The fourth-order valence-electron chi connectivity index (χ4n) is 0.730. The van der Waals surface area contributed by atoms with Crippen LogP contribution >= 0.6 is 0 Å². The monoisotopic (exact) mass is 272 g/mol. The van der Waals surface area contributed by atoms with Gasteiger partial charge in [-0.3, -0.25) is 0 Å². The summed E-state index contributed by atoms with van der Waals surface area (Å²) in [6.07, 6.45) is 3.12. The molecule has 0 N–H and O–H groups in total. The molecule has 0 aromatic heterocycles. The van der Waals surface area contributed by atoms with E-state index in [0.717, 1.165) is 4.59 Å². The van der Waals surface area contributed by atoms with Crippen LogP contribution in [0.2, 0.25) is 4.59 Å². The average Bonchev–Trinajstić information content (AvgIpc) is 1.99. The van der Waals surface area contributed by atoms with E-state index in [1.165, 1.54) is 19.3 Å². The normalized spacial score (nSPS) is 9.75. The molecule has 4 nitrogen and oxygen atoms in total. The number of unbranched alkanes of at least 4 members (excludes halogenated alkanes) is 1. The predicted molar refractivity (Wildman–Crippen MR) is 49.3 cm³/mol. The SMILES string of the molecule is O=C([O-])CC(=O)[O-].[K+].[K+].[Li][CH](C)CCCC. The zero-order chi connectivity index (χ0) is 11.6. The second kappa shape index (κ2) is 20.1. The summed E-state index contributed by atoms with van der Waals surface area (Å²) in [6, 6.07) is 0. The van der Waals surface area contributed by atoms with E-state index in [4.69, 9.17) is 0 Å². The van der Waals surface area contributed by atoms with Gasteiger partial charge in [-0.25, -0.2) is 0 Å². The first-order valence-corrected chi connectivity index (χ1v) is 4.79. The van der Waals surface area contributed by atoms with Gasteiger partial charge in [-0.15, -0.1) is 0 Å². The van der Waals surface area contributed by atoms with Gasteiger partial charge in [0.2, 0.25) is 0 Å². The molecule has 16 heavy (non-hydrogen) atoms. The number of carboxylic acid groups (broad SMARTS) is 2. The molecule has 0 saturated heterocycles. The van der Waals surface area contributed by atoms with Crippen LogP contribution in [0.15, 0.2) is 0 Å². The second-order valence-electron chi connectivity index (χ2n) is 3.46. The van der Waals surface area contributed by atoms with Gasteiger partial charge < -0.3 is 19.8 Å². The van der Waals surface area contributed by atoms with Gasteiger partial charge in [0, 0.05) is 18.4 Å². The van der Waals surface area contributed by atoms with Gasteiger partial charge in [-0.2, -0.15) is 0 Å². The van der Waals surface area contributed by atoms with Crippen molar-refractivity contribution >= 4 is 29.7 Å². The van der Waals surface area contributed by atoms with E-state index in [-0.39, 0.29) is 103 Å². The van der Waals surface area contributed by atoms with Gasteiger partial charge in [-0.1, -0.05) is 0 Å². The van der Waals surface area contributed by atoms with Gasteiger partial charge in [-0.05, 0) is 0 Å². The van der Waals surface area contributed by atoms with Crippen LogP contribution in [0.1, 0.15) is 39.5 Å². The van der Waals surface area contributed by atoms with E-state index in [0.29, 0.717) is 0 Å². The molecule has 1 atom stereocenters. The fraction of sp³-hybridized carbons (Fsp3) is 0.778. The van der Waals surface area contributed by atoms with E-state index in [1.54, 1.807) is 0 Å². The van der Waals surface area contributed by atoms with Crippen molar-refractivity contribution in [3.05, 3.63) is 0 Å². The molecule has 0 aliphatic carbocycles. The van der Waals surface area contributed by atoms with E-state index in [2.05, 4.69) is 31.6 Å².